The Morgan fingerprint density at radius 3 is 2.06 bits per heavy atom. The molecule has 0 fully saturated rings. The SMILES string of the molecule is CC(=O)C1=C(OC(=O)c2ccccc2)c2ccccc2S(=O)(=O)N1Cc1ccccc1. The molecule has 1 aliphatic rings. The molecule has 6 nitrogen and oxygen atoms in total. The van der Waals surface area contributed by atoms with Gasteiger partial charge in [-0.25, -0.2) is 13.2 Å². The van der Waals surface area contributed by atoms with Crippen LogP contribution in [0.25, 0.3) is 5.76 Å². The molecule has 0 radical (unpaired) electrons. The first-order valence-electron chi connectivity index (χ1n) is 9.58. The van der Waals surface area contributed by atoms with E-state index in [1.165, 1.54) is 19.1 Å². The van der Waals surface area contributed by atoms with Crippen molar-refractivity contribution >= 4 is 27.5 Å². The fourth-order valence-electron chi connectivity index (χ4n) is 3.44. The number of ether oxygens (including phenoxy) is 1. The average molecular weight is 433 g/mol. The number of nitrogens with zero attached hydrogens (tertiary/aromatic N) is 1. The molecule has 0 N–H and O–H groups in total. The van der Waals surface area contributed by atoms with Gasteiger partial charge in [0.05, 0.1) is 17.0 Å². The van der Waals surface area contributed by atoms with Crippen molar-refractivity contribution in [3.05, 3.63) is 107 Å². The number of hydrogen-bond acceptors (Lipinski definition) is 5. The van der Waals surface area contributed by atoms with E-state index in [0.29, 0.717) is 11.1 Å². The van der Waals surface area contributed by atoms with Crippen LogP contribution in [0.3, 0.4) is 0 Å². The summed E-state index contributed by atoms with van der Waals surface area (Å²) in [4.78, 5) is 25.4. The summed E-state index contributed by atoms with van der Waals surface area (Å²) >= 11 is 0. The zero-order valence-corrected chi connectivity index (χ0v) is 17.5. The van der Waals surface area contributed by atoms with Gasteiger partial charge in [-0.1, -0.05) is 60.7 Å². The van der Waals surface area contributed by atoms with Crippen LogP contribution in [-0.2, 0) is 26.1 Å². The minimum atomic E-state index is -4.05. The summed E-state index contributed by atoms with van der Waals surface area (Å²) in [6.07, 6.45) is 0. The summed E-state index contributed by atoms with van der Waals surface area (Å²) < 4.78 is 33.5. The van der Waals surface area contributed by atoms with Gasteiger partial charge in [0.1, 0.15) is 5.70 Å². The molecule has 3 aromatic rings. The number of Topliss-reactive ketones (excluding diaryl/α,β-unsaturated/α-hetero) is 1. The van der Waals surface area contributed by atoms with Crippen LogP contribution in [-0.4, -0.2) is 24.5 Å². The molecule has 4 rings (SSSR count). The Bertz CT molecular complexity index is 1280. The number of carbonyl (C=O) groups is 2. The number of allylic oxidation sites excluding steroid dienone is 1. The van der Waals surface area contributed by atoms with E-state index < -0.39 is 21.8 Å². The monoisotopic (exact) mass is 433 g/mol. The van der Waals surface area contributed by atoms with Gasteiger partial charge in [0.15, 0.2) is 11.5 Å². The third-order valence-electron chi connectivity index (χ3n) is 4.87. The number of esters is 1. The Balaban J connectivity index is 1.89. The molecule has 1 heterocycles. The van der Waals surface area contributed by atoms with Crippen molar-refractivity contribution in [1.82, 2.24) is 4.31 Å². The van der Waals surface area contributed by atoms with Gasteiger partial charge >= 0.3 is 5.97 Å². The number of ketones is 1. The Hall–Kier alpha value is -3.71. The normalized spacial score (nSPS) is 14.7. The summed E-state index contributed by atoms with van der Waals surface area (Å²) in [7, 11) is -4.05. The first-order valence-corrected chi connectivity index (χ1v) is 11.0. The van der Waals surface area contributed by atoms with E-state index in [2.05, 4.69) is 0 Å². The lowest BCUT2D eigenvalue weighted by molar-refractivity contribution is -0.114. The Morgan fingerprint density at radius 2 is 1.42 bits per heavy atom. The fraction of sp³-hybridized carbons (Fsp3) is 0.0833. The molecule has 0 aromatic heterocycles. The molecule has 0 aliphatic carbocycles. The van der Waals surface area contributed by atoms with Crippen LogP contribution >= 0.6 is 0 Å². The summed E-state index contributed by atoms with van der Waals surface area (Å²) in [5, 5.41) is 0. The van der Waals surface area contributed by atoms with Crippen LogP contribution in [0.2, 0.25) is 0 Å². The maximum absolute atomic E-state index is 13.4. The van der Waals surface area contributed by atoms with Crippen molar-refractivity contribution in [3.63, 3.8) is 0 Å². The molecule has 0 saturated heterocycles. The summed E-state index contributed by atoms with van der Waals surface area (Å²) in [6.45, 7) is 1.19. The van der Waals surface area contributed by atoms with E-state index in [-0.39, 0.29) is 28.5 Å². The second-order valence-electron chi connectivity index (χ2n) is 6.98. The Morgan fingerprint density at radius 1 is 0.839 bits per heavy atom. The molecule has 0 atom stereocenters. The van der Waals surface area contributed by atoms with E-state index in [4.69, 9.17) is 4.74 Å². The fourth-order valence-corrected chi connectivity index (χ4v) is 5.13. The van der Waals surface area contributed by atoms with E-state index in [1.807, 2.05) is 6.07 Å². The smallest absolute Gasteiger partial charge is 0.343 e. The van der Waals surface area contributed by atoms with Crippen LogP contribution in [0.5, 0.6) is 0 Å². The zero-order valence-electron chi connectivity index (χ0n) is 16.7. The number of benzene rings is 3. The number of hydrogen-bond donors (Lipinski definition) is 0. The van der Waals surface area contributed by atoms with Crippen LogP contribution in [0.15, 0.2) is 95.5 Å². The van der Waals surface area contributed by atoms with Gasteiger partial charge < -0.3 is 4.74 Å². The second-order valence-corrected chi connectivity index (χ2v) is 8.81. The van der Waals surface area contributed by atoms with Crippen molar-refractivity contribution in [2.45, 2.75) is 18.4 Å². The topological polar surface area (TPSA) is 80.8 Å². The van der Waals surface area contributed by atoms with Gasteiger partial charge in [-0.15, -0.1) is 0 Å². The van der Waals surface area contributed by atoms with Gasteiger partial charge in [0.25, 0.3) is 10.0 Å². The first kappa shape index (κ1) is 20.6. The number of carbonyl (C=O) groups excluding carboxylic acids is 2. The molecule has 1 aliphatic heterocycles. The summed E-state index contributed by atoms with van der Waals surface area (Å²) in [6, 6.07) is 23.4. The lowest BCUT2D eigenvalue weighted by Crippen LogP contribution is -2.37. The first-order chi connectivity index (χ1) is 14.9. The minimum absolute atomic E-state index is 0.0215. The highest BCUT2D eigenvalue weighted by Crippen LogP contribution is 2.39. The quantitative estimate of drug-likeness (QED) is 0.568. The molecule has 0 spiro atoms. The third-order valence-corrected chi connectivity index (χ3v) is 6.67. The third kappa shape index (κ3) is 3.87. The van der Waals surface area contributed by atoms with Gasteiger partial charge in [0, 0.05) is 12.5 Å². The van der Waals surface area contributed by atoms with Crippen LogP contribution in [0, 0.1) is 0 Å². The standard InChI is InChI=1S/C24H19NO5S/c1-17(26)22-23(30-24(27)19-12-6-3-7-13-19)20-14-8-9-15-21(20)31(28,29)25(22)16-18-10-4-2-5-11-18/h2-15H,16H2,1H3. The highest BCUT2D eigenvalue weighted by Gasteiger charge is 2.40. The van der Waals surface area contributed by atoms with Crippen LogP contribution in [0.1, 0.15) is 28.4 Å². The van der Waals surface area contributed by atoms with Crippen molar-refractivity contribution in [2.75, 3.05) is 0 Å². The van der Waals surface area contributed by atoms with Crippen molar-refractivity contribution in [2.24, 2.45) is 0 Å². The van der Waals surface area contributed by atoms with Crippen LogP contribution < -0.4 is 0 Å². The maximum Gasteiger partial charge on any atom is 0.343 e. The molecule has 31 heavy (non-hydrogen) atoms. The summed E-state index contributed by atoms with van der Waals surface area (Å²) in [5.74, 6) is -1.27. The molecule has 0 unspecified atom stereocenters. The largest absolute Gasteiger partial charge is 0.420 e. The Kier molecular flexibility index (Phi) is 5.44. The lowest BCUT2D eigenvalue weighted by atomic mass is 10.1. The molecule has 0 bridgehead atoms. The molecule has 0 saturated carbocycles. The Labute approximate surface area is 180 Å². The van der Waals surface area contributed by atoms with Crippen LogP contribution in [0.4, 0.5) is 0 Å². The molecular formula is C24H19NO5S. The average Bonchev–Trinajstić information content (AvgIpc) is 2.78. The second kappa shape index (κ2) is 8.20. The molecular weight excluding hydrogens is 414 g/mol. The van der Waals surface area contributed by atoms with Gasteiger partial charge in [-0.2, -0.15) is 0 Å². The van der Waals surface area contributed by atoms with Crippen molar-refractivity contribution in [1.29, 1.82) is 0 Å². The van der Waals surface area contributed by atoms with E-state index in [0.717, 1.165) is 4.31 Å². The predicted molar refractivity (Wildman–Crippen MR) is 115 cm³/mol. The molecule has 3 aromatic carbocycles. The van der Waals surface area contributed by atoms with Crippen molar-refractivity contribution < 1.29 is 22.7 Å². The highest BCUT2D eigenvalue weighted by atomic mass is 32.2. The molecule has 156 valence electrons. The minimum Gasteiger partial charge on any atom is -0.420 e. The molecule has 7 heteroatoms. The number of fused-ring (bicyclic) bond motifs is 1. The van der Waals surface area contributed by atoms with Crippen molar-refractivity contribution in [3.8, 4) is 0 Å². The maximum atomic E-state index is 13.4. The summed E-state index contributed by atoms with van der Waals surface area (Å²) in [5.41, 5.74) is 0.990. The number of sulfonamides is 1. The lowest BCUT2D eigenvalue weighted by Gasteiger charge is -2.32. The van der Waals surface area contributed by atoms with Gasteiger partial charge in [0.2, 0.25) is 0 Å². The van der Waals surface area contributed by atoms with Gasteiger partial charge in [-0.05, 0) is 29.8 Å². The van der Waals surface area contributed by atoms with Gasteiger partial charge in [-0.3, -0.25) is 9.10 Å². The van der Waals surface area contributed by atoms with E-state index in [9.17, 15) is 18.0 Å². The molecule has 0 amide bonds. The predicted octanol–water partition coefficient (Wildman–Crippen LogP) is 4.01. The highest BCUT2D eigenvalue weighted by molar-refractivity contribution is 7.89. The number of rotatable bonds is 5. The zero-order chi connectivity index (χ0) is 22.0. The van der Waals surface area contributed by atoms with E-state index >= 15 is 0 Å². The van der Waals surface area contributed by atoms with E-state index in [1.54, 1.807) is 66.7 Å².